The van der Waals surface area contributed by atoms with Gasteiger partial charge in [-0.1, -0.05) is 5.16 Å². The zero-order valence-corrected chi connectivity index (χ0v) is 11.3. The van der Waals surface area contributed by atoms with Crippen LogP contribution in [0.4, 0.5) is 13.2 Å². The molecule has 20 heavy (non-hydrogen) atoms. The molecule has 2 rings (SSSR count). The third-order valence-corrected chi connectivity index (χ3v) is 3.37. The number of likely N-dealkylation sites (N-methyl/N-ethyl adjacent to an activating group) is 2. The lowest BCUT2D eigenvalue weighted by atomic mass is 10.2. The van der Waals surface area contributed by atoms with Gasteiger partial charge < -0.3 is 14.3 Å². The summed E-state index contributed by atoms with van der Waals surface area (Å²) in [6, 6.07) is 0.542. The summed E-state index contributed by atoms with van der Waals surface area (Å²) in [7, 11) is 3.41. The van der Waals surface area contributed by atoms with Crippen LogP contribution in [0.25, 0.3) is 0 Å². The standard InChI is InChI=1S/C12H16F3N3O2/c1-17(8-3-4-8)5-6-18(2)11(19)9-7-20-16-10(9)12(13,14)15/h7-8H,3-6H2,1-2H3. The summed E-state index contributed by atoms with van der Waals surface area (Å²) < 4.78 is 42.2. The molecule has 0 spiro atoms. The van der Waals surface area contributed by atoms with E-state index < -0.39 is 23.3 Å². The van der Waals surface area contributed by atoms with Crippen LogP contribution in [0.1, 0.15) is 28.9 Å². The van der Waals surface area contributed by atoms with Crippen molar-refractivity contribution in [2.24, 2.45) is 0 Å². The Morgan fingerprint density at radius 3 is 2.60 bits per heavy atom. The van der Waals surface area contributed by atoms with Gasteiger partial charge in [-0.2, -0.15) is 13.2 Å². The number of hydrogen-bond acceptors (Lipinski definition) is 4. The summed E-state index contributed by atoms with van der Waals surface area (Å²) in [5.74, 6) is -0.734. The monoisotopic (exact) mass is 291 g/mol. The predicted molar refractivity (Wildman–Crippen MR) is 64.1 cm³/mol. The fourth-order valence-electron chi connectivity index (χ4n) is 1.91. The van der Waals surface area contributed by atoms with Crippen molar-refractivity contribution in [3.8, 4) is 0 Å². The molecule has 0 aliphatic heterocycles. The van der Waals surface area contributed by atoms with E-state index in [2.05, 4.69) is 14.6 Å². The average Bonchev–Trinajstić information content (AvgIpc) is 3.09. The highest BCUT2D eigenvalue weighted by Gasteiger charge is 2.40. The first-order chi connectivity index (χ1) is 9.30. The van der Waals surface area contributed by atoms with Crippen molar-refractivity contribution in [3.05, 3.63) is 17.5 Å². The van der Waals surface area contributed by atoms with Gasteiger partial charge in [0.25, 0.3) is 5.91 Å². The van der Waals surface area contributed by atoms with Crippen molar-refractivity contribution in [3.63, 3.8) is 0 Å². The van der Waals surface area contributed by atoms with Crippen LogP contribution in [-0.2, 0) is 6.18 Å². The molecule has 5 nitrogen and oxygen atoms in total. The van der Waals surface area contributed by atoms with Crippen molar-refractivity contribution in [2.75, 3.05) is 27.2 Å². The van der Waals surface area contributed by atoms with Gasteiger partial charge in [0.2, 0.25) is 0 Å². The minimum absolute atomic E-state index is 0.355. The van der Waals surface area contributed by atoms with Gasteiger partial charge in [0.05, 0.1) is 0 Å². The van der Waals surface area contributed by atoms with E-state index in [4.69, 9.17) is 0 Å². The van der Waals surface area contributed by atoms with Gasteiger partial charge >= 0.3 is 6.18 Å². The van der Waals surface area contributed by atoms with Crippen molar-refractivity contribution in [2.45, 2.75) is 25.1 Å². The van der Waals surface area contributed by atoms with Crippen LogP contribution in [0.2, 0.25) is 0 Å². The lowest BCUT2D eigenvalue weighted by molar-refractivity contribution is -0.143. The van der Waals surface area contributed by atoms with Crippen molar-refractivity contribution in [1.29, 1.82) is 0 Å². The summed E-state index contributed by atoms with van der Waals surface area (Å²) >= 11 is 0. The van der Waals surface area contributed by atoms with Crippen molar-refractivity contribution in [1.82, 2.24) is 15.0 Å². The molecule has 1 aromatic heterocycles. The van der Waals surface area contributed by atoms with Crippen LogP contribution in [0.15, 0.2) is 10.8 Å². The molecule has 1 aromatic rings. The Labute approximate surface area is 114 Å². The average molecular weight is 291 g/mol. The Hall–Kier alpha value is -1.57. The maximum absolute atomic E-state index is 12.6. The number of carbonyl (C=O) groups is 1. The Kier molecular flexibility index (Phi) is 4.03. The second-order valence-corrected chi connectivity index (χ2v) is 5.01. The molecule has 1 heterocycles. The molecule has 0 radical (unpaired) electrons. The van der Waals surface area contributed by atoms with E-state index in [9.17, 15) is 18.0 Å². The first-order valence-corrected chi connectivity index (χ1v) is 6.28. The molecule has 1 aliphatic rings. The molecule has 0 saturated heterocycles. The number of rotatable bonds is 5. The SMILES string of the molecule is CN(CCN(C)C1CC1)C(=O)c1conc1C(F)(F)F. The summed E-state index contributed by atoms with van der Waals surface area (Å²) in [5.41, 5.74) is -1.82. The Balaban J connectivity index is 1.97. The van der Waals surface area contributed by atoms with E-state index in [0.717, 1.165) is 19.1 Å². The van der Waals surface area contributed by atoms with Gasteiger partial charge in [-0.05, 0) is 19.9 Å². The first-order valence-electron chi connectivity index (χ1n) is 6.28. The number of alkyl halides is 3. The van der Waals surface area contributed by atoms with Crippen LogP contribution in [0.3, 0.4) is 0 Å². The lowest BCUT2D eigenvalue weighted by Gasteiger charge is -2.21. The molecule has 0 atom stereocenters. The van der Waals surface area contributed by atoms with Gasteiger partial charge in [-0.25, -0.2) is 0 Å². The Morgan fingerprint density at radius 2 is 2.05 bits per heavy atom. The summed E-state index contributed by atoms with van der Waals surface area (Å²) in [6.07, 6.45) is -1.67. The number of amides is 1. The molecule has 0 aromatic carbocycles. The number of carbonyl (C=O) groups excluding carboxylic acids is 1. The third kappa shape index (κ3) is 3.30. The van der Waals surface area contributed by atoms with Gasteiger partial charge in [0.1, 0.15) is 11.8 Å². The largest absolute Gasteiger partial charge is 0.437 e. The molecule has 8 heteroatoms. The van der Waals surface area contributed by atoms with Crippen LogP contribution < -0.4 is 0 Å². The molecule has 0 N–H and O–H groups in total. The summed E-state index contributed by atoms with van der Waals surface area (Å²) in [4.78, 5) is 15.3. The highest BCUT2D eigenvalue weighted by Crippen LogP contribution is 2.31. The summed E-state index contributed by atoms with van der Waals surface area (Å²) in [5, 5.41) is 2.87. The van der Waals surface area contributed by atoms with E-state index in [1.54, 1.807) is 0 Å². The van der Waals surface area contributed by atoms with Gasteiger partial charge in [0, 0.05) is 26.2 Å². The van der Waals surface area contributed by atoms with Crippen molar-refractivity contribution < 1.29 is 22.5 Å². The van der Waals surface area contributed by atoms with E-state index in [1.165, 1.54) is 11.9 Å². The number of aromatic nitrogens is 1. The maximum atomic E-state index is 12.6. The van der Waals surface area contributed by atoms with E-state index in [0.29, 0.717) is 19.1 Å². The molecule has 0 bridgehead atoms. The smallest absolute Gasteiger partial charge is 0.363 e. The molecule has 1 amide bonds. The van der Waals surface area contributed by atoms with Crippen molar-refractivity contribution >= 4 is 5.91 Å². The number of halogens is 3. The topological polar surface area (TPSA) is 49.6 Å². The van der Waals surface area contributed by atoms with Crippen LogP contribution in [0, 0.1) is 0 Å². The van der Waals surface area contributed by atoms with Gasteiger partial charge in [-0.15, -0.1) is 0 Å². The molecular formula is C12H16F3N3O2. The molecular weight excluding hydrogens is 275 g/mol. The zero-order valence-electron chi connectivity index (χ0n) is 11.3. The van der Waals surface area contributed by atoms with Gasteiger partial charge in [0.15, 0.2) is 5.69 Å². The quantitative estimate of drug-likeness (QED) is 0.831. The van der Waals surface area contributed by atoms with Gasteiger partial charge in [-0.3, -0.25) is 4.79 Å². The van der Waals surface area contributed by atoms with Crippen LogP contribution >= 0.6 is 0 Å². The second kappa shape index (κ2) is 5.43. The predicted octanol–water partition coefficient (Wildman–Crippen LogP) is 1.86. The Bertz CT molecular complexity index is 483. The molecule has 0 unspecified atom stereocenters. The minimum atomic E-state index is -4.69. The van der Waals surface area contributed by atoms with E-state index in [1.807, 2.05) is 7.05 Å². The first kappa shape index (κ1) is 14.8. The molecule has 1 saturated carbocycles. The third-order valence-electron chi connectivity index (χ3n) is 3.37. The van der Waals surface area contributed by atoms with Crippen LogP contribution in [0.5, 0.6) is 0 Å². The molecule has 1 aliphatic carbocycles. The minimum Gasteiger partial charge on any atom is -0.363 e. The fraction of sp³-hybridized carbons (Fsp3) is 0.667. The highest BCUT2D eigenvalue weighted by atomic mass is 19.4. The zero-order chi connectivity index (χ0) is 14.9. The molecule has 112 valence electrons. The van der Waals surface area contributed by atoms with E-state index >= 15 is 0 Å². The number of nitrogens with zero attached hydrogens (tertiary/aromatic N) is 3. The second-order valence-electron chi connectivity index (χ2n) is 5.01. The fourth-order valence-corrected chi connectivity index (χ4v) is 1.91. The number of hydrogen-bond donors (Lipinski definition) is 0. The maximum Gasteiger partial charge on any atom is 0.437 e. The van der Waals surface area contributed by atoms with Crippen LogP contribution in [-0.4, -0.2) is 54.1 Å². The molecule has 1 fully saturated rings. The Morgan fingerprint density at radius 1 is 1.40 bits per heavy atom. The lowest BCUT2D eigenvalue weighted by Crippen LogP contribution is -2.36. The van der Waals surface area contributed by atoms with E-state index in [-0.39, 0.29) is 0 Å². The summed E-state index contributed by atoms with van der Waals surface area (Å²) in [6.45, 7) is 0.980. The normalized spacial score (nSPS) is 15.7. The highest BCUT2D eigenvalue weighted by molar-refractivity contribution is 5.94.